The lowest BCUT2D eigenvalue weighted by molar-refractivity contribution is 0.0940. The van der Waals surface area contributed by atoms with Crippen molar-refractivity contribution in [1.29, 1.82) is 0 Å². The highest BCUT2D eigenvalue weighted by Gasteiger charge is 2.19. The number of aryl methyl sites for hydroxylation is 1. The Morgan fingerprint density at radius 1 is 1.09 bits per heavy atom. The van der Waals surface area contributed by atoms with Crippen LogP contribution in [-0.2, 0) is 6.42 Å². The molecule has 2 aromatic carbocycles. The van der Waals surface area contributed by atoms with Crippen LogP contribution in [-0.4, -0.2) is 15.5 Å². The first-order valence-electron chi connectivity index (χ1n) is 7.42. The monoisotopic (exact) mass is 323 g/mol. The highest BCUT2D eigenvalue weighted by molar-refractivity contribution is 7.08. The summed E-state index contributed by atoms with van der Waals surface area (Å²) in [4.78, 5) is 13.1. The average Bonchev–Trinajstić information content (AvgIpc) is 3.02. The van der Waals surface area contributed by atoms with Crippen molar-refractivity contribution in [3.05, 3.63) is 82.4 Å². The van der Waals surface area contributed by atoms with E-state index in [0.717, 1.165) is 23.5 Å². The number of nitrogens with zero attached hydrogens (tertiary/aromatic N) is 2. The van der Waals surface area contributed by atoms with Crippen LogP contribution in [0.3, 0.4) is 0 Å². The summed E-state index contributed by atoms with van der Waals surface area (Å²) in [5.74, 6) is -0.123. The van der Waals surface area contributed by atoms with Crippen LogP contribution in [0.2, 0.25) is 0 Å². The number of rotatable bonds is 5. The van der Waals surface area contributed by atoms with Crippen molar-refractivity contribution in [3.63, 3.8) is 0 Å². The number of carbonyl (C=O) groups is 1. The molecule has 1 amide bonds. The first-order valence-corrected chi connectivity index (χ1v) is 8.20. The summed E-state index contributed by atoms with van der Waals surface area (Å²) in [6.07, 6.45) is 0.738. The zero-order valence-corrected chi connectivity index (χ0v) is 13.6. The number of carbonyl (C=O) groups excluding carboxylic acids is 1. The summed E-state index contributed by atoms with van der Waals surface area (Å²) in [6.45, 7) is 1.80. The molecule has 1 atom stereocenters. The molecule has 0 bridgehead atoms. The van der Waals surface area contributed by atoms with Crippen molar-refractivity contribution in [2.45, 2.75) is 19.4 Å². The highest BCUT2D eigenvalue weighted by Crippen LogP contribution is 2.20. The fourth-order valence-electron chi connectivity index (χ4n) is 2.45. The van der Waals surface area contributed by atoms with E-state index in [9.17, 15) is 4.79 Å². The second kappa shape index (κ2) is 7.15. The first kappa shape index (κ1) is 15.4. The molecule has 1 aromatic heterocycles. The van der Waals surface area contributed by atoms with Gasteiger partial charge in [-0.05, 0) is 36.0 Å². The van der Waals surface area contributed by atoms with Gasteiger partial charge in [0.15, 0.2) is 0 Å². The molecule has 116 valence electrons. The second-order valence-electron chi connectivity index (χ2n) is 5.31. The van der Waals surface area contributed by atoms with Crippen LogP contribution in [0, 0.1) is 6.92 Å². The summed E-state index contributed by atoms with van der Waals surface area (Å²) in [7, 11) is 0. The van der Waals surface area contributed by atoms with Crippen LogP contribution in [0.4, 0.5) is 0 Å². The molecule has 3 rings (SSSR count). The molecule has 1 N–H and O–H groups in total. The Bertz CT molecular complexity index is 771. The van der Waals surface area contributed by atoms with Gasteiger partial charge in [0.2, 0.25) is 0 Å². The maximum Gasteiger partial charge on any atom is 0.265 e. The van der Waals surface area contributed by atoms with Crippen LogP contribution in [0.1, 0.15) is 32.5 Å². The highest BCUT2D eigenvalue weighted by atomic mass is 32.1. The summed E-state index contributed by atoms with van der Waals surface area (Å²) in [5.41, 5.74) is 2.93. The lowest BCUT2D eigenvalue weighted by atomic mass is 9.99. The molecule has 0 fully saturated rings. The first-order chi connectivity index (χ1) is 11.2. The smallest absolute Gasteiger partial charge is 0.265 e. The van der Waals surface area contributed by atoms with Gasteiger partial charge in [0.05, 0.1) is 11.7 Å². The second-order valence-corrected chi connectivity index (χ2v) is 6.07. The van der Waals surface area contributed by atoms with E-state index in [1.807, 2.05) is 48.5 Å². The third kappa shape index (κ3) is 3.81. The van der Waals surface area contributed by atoms with E-state index < -0.39 is 0 Å². The van der Waals surface area contributed by atoms with Crippen molar-refractivity contribution in [2.24, 2.45) is 0 Å². The summed E-state index contributed by atoms with van der Waals surface area (Å²) < 4.78 is 3.84. The topological polar surface area (TPSA) is 54.9 Å². The molecule has 0 saturated heterocycles. The van der Waals surface area contributed by atoms with E-state index in [4.69, 9.17) is 0 Å². The largest absolute Gasteiger partial charge is 0.344 e. The van der Waals surface area contributed by atoms with Gasteiger partial charge in [0, 0.05) is 0 Å². The lowest BCUT2D eigenvalue weighted by Crippen LogP contribution is -2.29. The Morgan fingerprint density at radius 3 is 2.35 bits per heavy atom. The van der Waals surface area contributed by atoms with Crippen LogP contribution >= 0.6 is 11.5 Å². The molecule has 0 aliphatic rings. The molecule has 1 heterocycles. The molecule has 0 saturated carbocycles. The number of hydrogen-bond acceptors (Lipinski definition) is 4. The van der Waals surface area contributed by atoms with Gasteiger partial charge >= 0.3 is 0 Å². The van der Waals surface area contributed by atoms with Crippen LogP contribution in [0.15, 0.2) is 60.7 Å². The van der Waals surface area contributed by atoms with Gasteiger partial charge in [-0.3, -0.25) is 4.79 Å². The van der Waals surface area contributed by atoms with E-state index >= 15 is 0 Å². The summed E-state index contributed by atoms with van der Waals surface area (Å²) in [5, 5.41) is 7.03. The SMILES string of the molecule is Cc1nnsc1C(=O)NC(Cc1ccccc1)c1ccccc1. The lowest BCUT2D eigenvalue weighted by Gasteiger charge is -2.19. The number of nitrogens with one attached hydrogen (secondary N) is 1. The van der Waals surface area contributed by atoms with Gasteiger partial charge in [-0.25, -0.2) is 0 Å². The molecule has 23 heavy (non-hydrogen) atoms. The molecule has 0 aliphatic carbocycles. The molecular weight excluding hydrogens is 306 g/mol. The molecule has 0 spiro atoms. The van der Waals surface area contributed by atoms with E-state index in [2.05, 4.69) is 27.0 Å². The van der Waals surface area contributed by atoms with E-state index in [1.54, 1.807) is 6.92 Å². The molecule has 3 aromatic rings. The van der Waals surface area contributed by atoms with Crippen LogP contribution < -0.4 is 5.32 Å². The Labute approximate surface area is 139 Å². The Balaban J connectivity index is 1.83. The minimum Gasteiger partial charge on any atom is -0.344 e. The van der Waals surface area contributed by atoms with Gasteiger partial charge in [-0.15, -0.1) is 5.10 Å². The average molecular weight is 323 g/mol. The van der Waals surface area contributed by atoms with Crippen molar-refractivity contribution in [3.8, 4) is 0 Å². The minimum absolute atomic E-state index is 0.0902. The quantitative estimate of drug-likeness (QED) is 0.781. The fourth-order valence-corrected chi connectivity index (χ4v) is 3.01. The van der Waals surface area contributed by atoms with E-state index in [1.165, 1.54) is 5.56 Å². The minimum atomic E-state index is -0.123. The number of amides is 1. The molecular formula is C18H17N3OS. The van der Waals surface area contributed by atoms with Crippen LogP contribution in [0.25, 0.3) is 0 Å². The van der Waals surface area contributed by atoms with Gasteiger partial charge in [-0.1, -0.05) is 65.2 Å². The molecule has 0 aliphatic heterocycles. The Hall–Kier alpha value is -2.53. The van der Waals surface area contributed by atoms with Crippen molar-refractivity contribution >= 4 is 17.4 Å². The van der Waals surface area contributed by atoms with Crippen molar-refractivity contribution in [2.75, 3.05) is 0 Å². The summed E-state index contributed by atoms with van der Waals surface area (Å²) in [6, 6.07) is 20.1. The zero-order valence-electron chi connectivity index (χ0n) is 12.8. The van der Waals surface area contributed by atoms with Gasteiger partial charge in [0.25, 0.3) is 5.91 Å². The standard InChI is InChI=1S/C18H17N3OS/c1-13-17(23-21-20-13)18(22)19-16(15-10-6-3-7-11-15)12-14-8-4-2-5-9-14/h2-11,16H,12H2,1H3,(H,19,22). The maximum atomic E-state index is 12.5. The Kier molecular flexibility index (Phi) is 4.78. The van der Waals surface area contributed by atoms with Crippen molar-refractivity contribution < 1.29 is 4.79 Å². The molecule has 1 unspecified atom stereocenters. The Morgan fingerprint density at radius 2 is 1.74 bits per heavy atom. The van der Waals surface area contributed by atoms with Crippen molar-refractivity contribution in [1.82, 2.24) is 14.9 Å². The van der Waals surface area contributed by atoms with Gasteiger partial charge in [0.1, 0.15) is 4.88 Å². The number of benzene rings is 2. The third-order valence-corrected chi connectivity index (χ3v) is 4.47. The number of hydrogen-bond donors (Lipinski definition) is 1. The van der Waals surface area contributed by atoms with Gasteiger partial charge < -0.3 is 5.32 Å². The fraction of sp³-hybridized carbons (Fsp3) is 0.167. The summed E-state index contributed by atoms with van der Waals surface area (Å²) >= 11 is 1.13. The normalized spacial score (nSPS) is 11.9. The predicted molar refractivity (Wildman–Crippen MR) is 91.4 cm³/mol. The molecule has 0 radical (unpaired) electrons. The maximum absolute atomic E-state index is 12.5. The van der Waals surface area contributed by atoms with Crippen LogP contribution in [0.5, 0.6) is 0 Å². The van der Waals surface area contributed by atoms with E-state index in [0.29, 0.717) is 10.6 Å². The third-order valence-electron chi connectivity index (χ3n) is 3.65. The predicted octanol–water partition coefficient (Wildman–Crippen LogP) is 3.56. The van der Waals surface area contributed by atoms with Gasteiger partial charge in [-0.2, -0.15) is 0 Å². The zero-order chi connectivity index (χ0) is 16.1. The van der Waals surface area contributed by atoms with E-state index in [-0.39, 0.29) is 11.9 Å². The molecule has 5 heteroatoms. The molecule has 4 nitrogen and oxygen atoms in total. The number of aromatic nitrogens is 2.